The van der Waals surface area contributed by atoms with Gasteiger partial charge in [0.25, 0.3) is 5.69 Å². The number of nitrogens with zero attached hydrogens (tertiary/aromatic N) is 3. The molecule has 7 heteroatoms. The molecule has 0 aliphatic heterocycles. The molecule has 0 spiro atoms. The van der Waals surface area contributed by atoms with Gasteiger partial charge in [-0.1, -0.05) is 0 Å². The van der Waals surface area contributed by atoms with Crippen LogP contribution in [-0.4, -0.2) is 26.1 Å². The highest BCUT2D eigenvalue weighted by molar-refractivity contribution is 5.41. The van der Waals surface area contributed by atoms with Crippen LogP contribution < -0.4 is 5.32 Å². The van der Waals surface area contributed by atoms with Gasteiger partial charge in [0.1, 0.15) is 12.0 Å². The molecule has 0 saturated carbocycles. The average Bonchev–Trinajstić information content (AvgIpc) is 2.87. The number of fused-ring (bicyclic) bond motifs is 1. The minimum absolute atomic E-state index is 0.00585. The molecule has 98 valence electrons. The van der Waals surface area contributed by atoms with E-state index in [4.69, 9.17) is 0 Å². The highest BCUT2D eigenvalue weighted by atomic mass is 16.6. The first kappa shape index (κ1) is 11.6. The second-order valence-electron chi connectivity index (χ2n) is 4.62. The molecule has 3 rings (SSSR count). The standard InChI is InChI=1S/C12H13N5O2/c18-17(19)10-2-4-12(13-7-10)15-9-1-3-11-8(5-9)6-14-16-11/h2,4,6-7,9H,1,3,5H2,(H,13,15)(H,14,16). The predicted octanol–water partition coefficient (Wildman–Crippen LogP) is 1.68. The molecule has 0 bridgehead atoms. The van der Waals surface area contributed by atoms with E-state index in [0.717, 1.165) is 19.3 Å². The highest BCUT2D eigenvalue weighted by Crippen LogP contribution is 2.22. The number of aryl methyl sites for hydroxylation is 1. The van der Waals surface area contributed by atoms with Crippen molar-refractivity contribution >= 4 is 11.5 Å². The van der Waals surface area contributed by atoms with E-state index in [1.165, 1.54) is 23.5 Å². The van der Waals surface area contributed by atoms with Gasteiger partial charge in [0.05, 0.1) is 11.1 Å². The molecule has 7 nitrogen and oxygen atoms in total. The van der Waals surface area contributed by atoms with Crippen LogP contribution in [0.2, 0.25) is 0 Å². The fraction of sp³-hybridized carbons (Fsp3) is 0.333. The largest absolute Gasteiger partial charge is 0.367 e. The Morgan fingerprint density at radius 1 is 1.42 bits per heavy atom. The molecule has 2 aromatic rings. The average molecular weight is 259 g/mol. The van der Waals surface area contributed by atoms with Crippen molar-refractivity contribution in [2.75, 3.05) is 5.32 Å². The summed E-state index contributed by atoms with van der Waals surface area (Å²) in [4.78, 5) is 14.2. The van der Waals surface area contributed by atoms with Crippen molar-refractivity contribution in [2.45, 2.75) is 25.3 Å². The first-order chi connectivity index (χ1) is 9.22. The Labute approximate surface area is 109 Å². The number of hydrogen-bond donors (Lipinski definition) is 2. The smallest absolute Gasteiger partial charge is 0.287 e. The van der Waals surface area contributed by atoms with Crippen molar-refractivity contribution < 1.29 is 4.92 Å². The number of pyridine rings is 1. The van der Waals surface area contributed by atoms with Crippen LogP contribution in [0.4, 0.5) is 11.5 Å². The van der Waals surface area contributed by atoms with E-state index in [0.29, 0.717) is 11.9 Å². The summed E-state index contributed by atoms with van der Waals surface area (Å²) in [7, 11) is 0. The van der Waals surface area contributed by atoms with Gasteiger partial charge in [-0.2, -0.15) is 5.10 Å². The van der Waals surface area contributed by atoms with Crippen LogP contribution in [0.15, 0.2) is 24.5 Å². The minimum Gasteiger partial charge on any atom is -0.367 e. The first-order valence-electron chi connectivity index (χ1n) is 6.10. The summed E-state index contributed by atoms with van der Waals surface area (Å²) >= 11 is 0. The molecular weight excluding hydrogens is 246 g/mol. The van der Waals surface area contributed by atoms with Crippen molar-refractivity contribution in [1.82, 2.24) is 15.2 Å². The van der Waals surface area contributed by atoms with Crippen LogP contribution in [0.3, 0.4) is 0 Å². The Bertz CT molecular complexity index is 592. The van der Waals surface area contributed by atoms with Crippen molar-refractivity contribution in [2.24, 2.45) is 0 Å². The lowest BCUT2D eigenvalue weighted by Gasteiger charge is -2.23. The Morgan fingerprint density at radius 3 is 3.05 bits per heavy atom. The zero-order valence-electron chi connectivity index (χ0n) is 10.2. The van der Waals surface area contributed by atoms with E-state index in [9.17, 15) is 10.1 Å². The molecule has 0 radical (unpaired) electrons. The molecule has 0 saturated heterocycles. The lowest BCUT2D eigenvalue weighted by molar-refractivity contribution is -0.385. The fourth-order valence-electron chi connectivity index (χ4n) is 2.33. The maximum absolute atomic E-state index is 10.5. The van der Waals surface area contributed by atoms with Gasteiger partial charge in [-0.05, 0) is 30.9 Å². The van der Waals surface area contributed by atoms with Crippen molar-refractivity contribution in [3.05, 3.63) is 45.9 Å². The normalized spacial score (nSPS) is 17.8. The number of anilines is 1. The second kappa shape index (κ2) is 4.68. The Hall–Kier alpha value is -2.44. The number of hydrogen-bond acceptors (Lipinski definition) is 5. The van der Waals surface area contributed by atoms with Crippen LogP contribution in [0.1, 0.15) is 17.7 Å². The maximum atomic E-state index is 10.5. The fourth-order valence-corrected chi connectivity index (χ4v) is 2.33. The third-order valence-electron chi connectivity index (χ3n) is 3.33. The number of H-pyrrole nitrogens is 1. The lowest BCUT2D eigenvalue weighted by Crippen LogP contribution is -2.27. The van der Waals surface area contributed by atoms with Crippen LogP contribution in [0.5, 0.6) is 0 Å². The van der Waals surface area contributed by atoms with E-state index < -0.39 is 4.92 Å². The van der Waals surface area contributed by atoms with Crippen LogP contribution in [0, 0.1) is 10.1 Å². The second-order valence-corrected chi connectivity index (χ2v) is 4.62. The molecule has 1 atom stereocenters. The van der Waals surface area contributed by atoms with Crippen LogP contribution in [-0.2, 0) is 12.8 Å². The third kappa shape index (κ3) is 2.40. The van der Waals surface area contributed by atoms with Gasteiger partial charge in [-0.3, -0.25) is 15.2 Å². The van der Waals surface area contributed by atoms with Gasteiger partial charge >= 0.3 is 0 Å². The Kier molecular flexibility index (Phi) is 2.86. The number of nitro groups is 1. The van der Waals surface area contributed by atoms with E-state index in [1.54, 1.807) is 6.07 Å². The van der Waals surface area contributed by atoms with Gasteiger partial charge in [0.2, 0.25) is 0 Å². The summed E-state index contributed by atoms with van der Waals surface area (Å²) in [6.45, 7) is 0. The highest BCUT2D eigenvalue weighted by Gasteiger charge is 2.20. The van der Waals surface area contributed by atoms with Crippen molar-refractivity contribution in [3.8, 4) is 0 Å². The molecule has 0 amide bonds. The molecular formula is C12H13N5O2. The molecule has 19 heavy (non-hydrogen) atoms. The van der Waals surface area contributed by atoms with Gasteiger partial charge in [0.15, 0.2) is 0 Å². The predicted molar refractivity (Wildman–Crippen MR) is 68.9 cm³/mol. The molecule has 1 aliphatic carbocycles. The van der Waals surface area contributed by atoms with E-state index in [1.807, 2.05) is 6.20 Å². The van der Waals surface area contributed by atoms with Crippen molar-refractivity contribution in [3.63, 3.8) is 0 Å². The Morgan fingerprint density at radius 2 is 2.32 bits per heavy atom. The topological polar surface area (TPSA) is 96.7 Å². The summed E-state index contributed by atoms with van der Waals surface area (Å²) in [5, 5.41) is 20.9. The summed E-state index contributed by atoms with van der Waals surface area (Å²) in [6, 6.07) is 3.39. The van der Waals surface area contributed by atoms with E-state index in [2.05, 4.69) is 20.5 Å². The van der Waals surface area contributed by atoms with Crippen LogP contribution in [0.25, 0.3) is 0 Å². The van der Waals surface area contributed by atoms with Gasteiger partial charge in [0, 0.05) is 17.8 Å². The molecule has 2 aromatic heterocycles. The van der Waals surface area contributed by atoms with Gasteiger partial charge < -0.3 is 5.32 Å². The molecule has 1 aliphatic rings. The quantitative estimate of drug-likeness (QED) is 0.645. The molecule has 0 fully saturated rings. The summed E-state index contributed by atoms with van der Waals surface area (Å²) in [5.41, 5.74) is 2.44. The van der Waals surface area contributed by atoms with Crippen LogP contribution >= 0.6 is 0 Å². The minimum atomic E-state index is -0.449. The summed E-state index contributed by atoms with van der Waals surface area (Å²) in [6.07, 6.45) is 5.97. The number of rotatable bonds is 3. The number of aromatic amines is 1. The van der Waals surface area contributed by atoms with E-state index >= 15 is 0 Å². The number of nitrogens with one attached hydrogen (secondary N) is 2. The lowest BCUT2D eigenvalue weighted by atomic mass is 9.93. The number of aromatic nitrogens is 3. The van der Waals surface area contributed by atoms with E-state index in [-0.39, 0.29) is 5.69 Å². The SMILES string of the molecule is O=[N+]([O-])c1ccc(NC2CCc3[nH]ncc3C2)nc1. The van der Waals surface area contributed by atoms with Gasteiger partial charge in [-0.25, -0.2) is 4.98 Å². The third-order valence-corrected chi connectivity index (χ3v) is 3.33. The zero-order valence-corrected chi connectivity index (χ0v) is 10.2. The van der Waals surface area contributed by atoms with Crippen molar-refractivity contribution in [1.29, 1.82) is 0 Å². The Balaban J connectivity index is 1.68. The maximum Gasteiger partial charge on any atom is 0.287 e. The molecule has 2 heterocycles. The molecule has 1 unspecified atom stereocenters. The monoisotopic (exact) mass is 259 g/mol. The summed E-state index contributed by atoms with van der Waals surface area (Å²) < 4.78 is 0. The zero-order chi connectivity index (χ0) is 13.2. The van der Waals surface area contributed by atoms with Gasteiger partial charge in [-0.15, -0.1) is 0 Å². The molecule has 0 aromatic carbocycles. The first-order valence-corrected chi connectivity index (χ1v) is 6.10. The molecule has 2 N–H and O–H groups in total. The summed E-state index contributed by atoms with van der Waals surface area (Å²) in [5.74, 6) is 0.669.